The molecule has 1 saturated heterocycles. The number of aromatic nitrogens is 4. The average Bonchev–Trinajstić information content (AvgIpc) is 3.60. The van der Waals surface area contributed by atoms with E-state index in [2.05, 4.69) is 20.3 Å². The largest absolute Gasteiger partial charge is 0.497 e. The third kappa shape index (κ3) is 5.77. The summed E-state index contributed by atoms with van der Waals surface area (Å²) in [5, 5.41) is 14.5. The highest BCUT2D eigenvalue weighted by Crippen LogP contribution is 2.43. The summed E-state index contributed by atoms with van der Waals surface area (Å²) in [6.07, 6.45) is -0.810. The molecule has 3 atom stereocenters. The number of aliphatic hydroxyl groups is 1. The van der Waals surface area contributed by atoms with Crippen LogP contribution in [0.5, 0.6) is 11.5 Å². The van der Waals surface area contributed by atoms with Crippen molar-refractivity contribution in [2.24, 2.45) is 0 Å². The van der Waals surface area contributed by atoms with Gasteiger partial charge >= 0.3 is 5.69 Å². The van der Waals surface area contributed by atoms with Crippen LogP contribution in [0.25, 0.3) is 11.2 Å². The number of aromatic amines is 1. The maximum absolute atomic E-state index is 13.2. The molecule has 0 saturated carbocycles. The second kappa shape index (κ2) is 12.7. The first kappa shape index (κ1) is 30.3. The SMILES string of the molecule is COc1ccc(C(OC[C@H]2O[C@@H](n3c(=O)[nH]c4c(NC(C)C)ncnc43)C[C@H]2O)(c2ccccc2)c2ccc(OC)cc2)cc1. The third-order valence-electron chi connectivity index (χ3n) is 8.06. The average molecular weight is 612 g/mol. The summed E-state index contributed by atoms with van der Waals surface area (Å²) >= 11 is 0. The van der Waals surface area contributed by atoms with Crippen molar-refractivity contribution in [1.82, 2.24) is 19.5 Å². The van der Waals surface area contributed by atoms with Crippen molar-refractivity contribution in [2.45, 2.75) is 50.3 Å². The molecule has 6 rings (SSSR count). The minimum absolute atomic E-state index is 0.0247. The molecule has 0 aliphatic carbocycles. The molecule has 11 nitrogen and oxygen atoms in total. The number of imidazole rings is 1. The van der Waals surface area contributed by atoms with Crippen LogP contribution in [0.15, 0.2) is 90.0 Å². The number of fused-ring (bicyclic) bond motifs is 1. The number of nitrogens with one attached hydrogen (secondary N) is 2. The van der Waals surface area contributed by atoms with E-state index < -0.39 is 29.7 Å². The van der Waals surface area contributed by atoms with Crippen molar-refractivity contribution in [3.8, 4) is 11.5 Å². The fourth-order valence-corrected chi connectivity index (χ4v) is 5.89. The van der Waals surface area contributed by atoms with Crippen LogP contribution in [0.1, 0.15) is 43.2 Å². The molecule has 2 aromatic heterocycles. The first-order valence-corrected chi connectivity index (χ1v) is 14.9. The molecular formula is C34H37N5O6. The van der Waals surface area contributed by atoms with Crippen LogP contribution in [0.4, 0.5) is 5.82 Å². The first-order valence-electron chi connectivity index (χ1n) is 14.9. The minimum atomic E-state index is -1.08. The number of aliphatic hydroxyl groups excluding tert-OH is 1. The monoisotopic (exact) mass is 611 g/mol. The van der Waals surface area contributed by atoms with Gasteiger partial charge in [0.2, 0.25) is 0 Å². The fraction of sp³-hybridized carbons (Fsp3) is 0.324. The van der Waals surface area contributed by atoms with E-state index in [0.717, 1.165) is 16.7 Å². The molecule has 0 unspecified atom stereocenters. The topological polar surface area (TPSA) is 133 Å². The highest BCUT2D eigenvalue weighted by atomic mass is 16.6. The highest BCUT2D eigenvalue weighted by Gasteiger charge is 2.42. The second-order valence-corrected chi connectivity index (χ2v) is 11.3. The molecule has 1 fully saturated rings. The normalized spacial score (nSPS) is 18.4. The van der Waals surface area contributed by atoms with E-state index in [1.54, 1.807) is 14.2 Å². The number of benzene rings is 3. The summed E-state index contributed by atoms with van der Waals surface area (Å²) in [6, 6.07) is 25.5. The summed E-state index contributed by atoms with van der Waals surface area (Å²) in [4.78, 5) is 24.7. The molecule has 3 N–H and O–H groups in total. The standard InChI is InChI=1S/C34H37N5O6/c1-21(2)37-31-30-32(36-20-35-31)39(33(41)38-30)29-18-27(40)28(45-29)19-44-34(22-8-6-5-7-9-22,23-10-14-25(42-3)15-11-23)24-12-16-26(43-4)17-13-24/h5-17,20-21,27-29,40H,18-19H2,1-4H3,(H,38,41)(H,35,36,37)/t27-,28-,29-/m1/s1. The Morgan fingerprint density at radius 3 is 2.13 bits per heavy atom. The van der Waals surface area contributed by atoms with Crippen LogP contribution in [0.3, 0.4) is 0 Å². The molecule has 3 aromatic carbocycles. The summed E-state index contributed by atoms with van der Waals surface area (Å²) in [7, 11) is 3.25. The lowest BCUT2D eigenvalue weighted by Gasteiger charge is -2.37. The van der Waals surface area contributed by atoms with Crippen LogP contribution >= 0.6 is 0 Å². The number of rotatable bonds is 11. The predicted octanol–water partition coefficient (Wildman–Crippen LogP) is 4.61. The molecule has 0 radical (unpaired) electrons. The molecule has 11 heteroatoms. The van der Waals surface area contributed by atoms with Gasteiger partial charge in [-0.15, -0.1) is 0 Å². The zero-order chi connectivity index (χ0) is 31.6. The molecule has 0 spiro atoms. The van der Waals surface area contributed by atoms with E-state index in [1.165, 1.54) is 10.9 Å². The van der Waals surface area contributed by atoms with Crippen molar-refractivity contribution in [1.29, 1.82) is 0 Å². The van der Waals surface area contributed by atoms with Gasteiger partial charge in [0.05, 0.1) is 26.9 Å². The second-order valence-electron chi connectivity index (χ2n) is 11.3. The van der Waals surface area contributed by atoms with Crippen LogP contribution in [0, 0.1) is 0 Å². The molecule has 1 aliphatic heterocycles. The fourth-order valence-electron chi connectivity index (χ4n) is 5.89. The molecule has 234 valence electrons. The van der Waals surface area contributed by atoms with Crippen LogP contribution in [-0.2, 0) is 15.1 Å². The Kier molecular flexibility index (Phi) is 8.57. The van der Waals surface area contributed by atoms with Gasteiger partial charge < -0.3 is 34.4 Å². The van der Waals surface area contributed by atoms with Crippen molar-refractivity contribution < 1.29 is 24.1 Å². The van der Waals surface area contributed by atoms with E-state index in [-0.39, 0.29) is 19.1 Å². The maximum Gasteiger partial charge on any atom is 0.329 e. The number of H-pyrrole nitrogens is 1. The lowest BCUT2D eigenvalue weighted by atomic mass is 9.80. The van der Waals surface area contributed by atoms with Crippen LogP contribution in [-0.4, -0.2) is 63.7 Å². The Morgan fingerprint density at radius 2 is 1.56 bits per heavy atom. The van der Waals surface area contributed by atoms with Gasteiger partial charge in [-0.3, -0.25) is 0 Å². The number of anilines is 1. The van der Waals surface area contributed by atoms with E-state index in [1.807, 2.05) is 92.7 Å². The van der Waals surface area contributed by atoms with Gasteiger partial charge in [0.15, 0.2) is 11.5 Å². The van der Waals surface area contributed by atoms with E-state index in [9.17, 15) is 9.90 Å². The molecule has 3 heterocycles. The van der Waals surface area contributed by atoms with Crippen molar-refractivity contribution in [3.05, 3.63) is 112 Å². The van der Waals surface area contributed by atoms with E-state index >= 15 is 0 Å². The predicted molar refractivity (Wildman–Crippen MR) is 170 cm³/mol. The quantitative estimate of drug-likeness (QED) is 0.183. The summed E-state index contributed by atoms with van der Waals surface area (Å²) < 4.78 is 25.6. The lowest BCUT2D eigenvalue weighted by molar-refractivity contribution is -0.0935. The summed E-state index contributed by atoms with van der Waals surface area (Å²) in [5.74, 6) is 1.95. The highest BCUT2D eigenvalue weighted by molar-refractivity contribution is 5.82. The zero-order valence-corrected chi connectivity index (χ0v) is 25.6. The van der Waals surface area contributed by atoms with Crippen molar-refractivity contribution >= 4 is 17.0 Å². The Morgan fingerprint density at radius 1 is 0.956 bits per heavy atom. The Hall–Kier alpha value is -4.71. The molecule has 0 bridgehead atoms. The summed E-state index contributed by atoms with van der Waals surface area (Å²) in [5.41, 5.74) is 2.01. The summed E-state index contributed by atoms with van der Waals surface area (Å²) in [6.45, 7) is 3.99. The smallest absolute Gasteiger partial charge is 0.329 e. The van der Waals surface area contributed by atoms with Gasteiger partial charge in [0.25, 0.3) is 0 Å². The van der Waals surface area contributed by atoms with E-state index in [0.29, 0.717) is 28.5 Å². The molecule has 1 aliphatic rings. The molecule has 0 amide bonds. The van der Waals surface area contributed by atoms with Gasteiger partial charge in [-0.25, -0.2) is 19.3 Å². The van der Waals surface area contributed by atoms with Crippen LogP contribution in [0.2, 0.25) is 0 Å². The number of methoxy groups -OCH3 is 2. The molecule has 5 aromatic rings. The van der Waals surface area contributed by atoms with Gasteiger partial charge in [0, 0.05) is 12.5 Å². The first-order chi connectivity index (χ1) is 21.8. The minimum Gasteiger partial charge on any atom is -0.497 e. The van der Waals surface area contributed by atoms with Gasteiger partial charge in [-0.1, -0.05) is 54.6 Å². The Bertz CT molecular complexity index is 1740. The van der Waals surface area contributed by atoms with Crippen LogP contribution < -0.4 is 20.5 Å². The zero-order valence-electron chi connectivity index (χ0n) is 25.6. The molecule has 45 heavy (non-hydrogen) atoms. The number of hydrogen-bond acceptors (Lipinski definition) is 9. The molecular weight excluding hydrogens is 574 g/mol. The Balaban J connectivity index is 1.36. The van der Waals surface area contributed by atoms with E-state index in [4.69, 9.17) is 18.9 Å². The lowest BCUT2D eigenvalue weighted by Crippen LogP contribution is -2.38. The van der Waals surface area contributed by atoms with Gasteiger partial charge in [-0.2, -0.15) is 0 Å². The van der Waals surface area contributed by atoms with Gasteiger partial charge in [-0.05, 0) is 54.8 Å². The van der Waals surface area contributed by atoms with Crippen molar-refractivity contribution in [3.63, 3.8) is 0 Å². The van der Waals surface area contributed by atoms with Gasteiger partial charge in [0.1, 0.15) is 41.3 Å². The Labute approximate surface area is 260 Å². The number of nitrogens with zero attached hydrogens (tertiary/aromatic N) is 3. The third-order valence-corrected chi connectivity index (χ3v) is 8.06. The van der Waals surface area contributed by atoms with Crippen molar-refractivity contribution in [2.75, 3.05) is 26.1 Å². The number of ether oxygens (including phenoxy) is 4. The number of hydrogen-bond donors (Lipinski definition) is 3. The maximum atomic E-state index is 13.2.